The second-order valence-corrected chi connectivity index (χ2v) is 8.00. The van der Waals surface area contributed by atoms with Gasteiger partial charge in [0.1, 0.15) is 0 Å². The molecule has 0 spiro atoms. The lowest BCUT2D eigenvalue weighted by Crippen LogP contribution is -2.16. The molecule has 3 aromatic rings. The summed E-state index contributed by atoms with van der Waals surface area (Å²) < 4.78 is 0. The van der Waals surface area contributed by atoms with Crippen molar-refractivity contribution in [3.8, 4) is 0 Å². The van der Waals surface area contributed by atoms with Crippen LogP contribution in [0.2, 0.25) is 5.02 Å². The van der Waals surface area contributed by atoms with Gasteiger partial charge in [0.15, 0.2) is 0 Å². The van der Waals surface area contributed by atoms with Gasteiger partial charge in [0.2, 0.25) is 5.91 Å². The summed E-state index contributed by atoms with van der Waals surface area (Å²) in [7, 11) is 0. The van der Waals surface area contributed by atoms with Crippen LogP contribution in [0, 0.1) is 13.8 Å². The summed E-state index contributed by atoms with van der Waals surface area (Å²) in [5, 5.41) is 3.85. The first-order valence-corrected chi connectivity index (χ1v) is 10.3. The Kier molecular flexibility index (Phi) is 6.59. The number of amides is 1. The molecule has 27 heavy (non-hydrogen) atoms. The van der Waals surface area contributed by atoms with Gasteiger partial charge in [-0.3, -0.25) is 4.79 Å². The third kappa shape index (κ3) is 5.15. The van der Waals surface area contributed by atoms with Crippen LogP contribution >= 0.6 is 23.4 Å². The van der Waals surface area contributed by atoms with E-state index in [0.29, 0.717) is 10.8 Å². The smallest absolute Gasteiger partial charge is 0.234 e. The number of benzene rings is 3. The van der Waals surface area contributed by atoms with E-state index >= 15 is 0 Å². The fourth-order valence-electron chi connectivity index (χ4n) is 3.00. The van der Waals surface area contributed by atoms with Crippen molar-refractivity contribution in [3.05, 3.63) is 100 Å². The van der Waals surface area contributed by atoms with Crippen molar-refractivity contribution in [1.29, 1.82) is 0 Å². The molecule has 138 valence electrons. The molecule has 0 aliphatic heterocycles. The first kappa shape index (κ1) is 19.5. The molecule has 3 rings (SSSR count). The number of carbonyl (C=O) groups excluding carboxylic acids is 1. The highest BCUT2D eigenvalue weighted by Gasteiger charge is 2.17. The van der Waals surface area contributed by atoms with Crippen LogP contribution in [-0.2, 0) is 4.79 Å². The Morgan fingerprint density at radius 1 is 0.889 bits per heavy atom. The zero-order chi connectivity index (χ0) is 19.2. The molecule has 0 radical (unpaired) electrons. The van der Waals surface area contributed by atoms with Crippen LogP contribution in [0.4, 0.5) is 5.69 Å². The number of para-hydroxylation sites is 1. The molecule has 0 heterocycles. The molecule has 1 atom stereocenters. The summed E-state index contributed by atoms with van der Waals surface area (Å²) in [5.74, 6) is 0.378. The molecule has 0 aliphatic carbocycles. The maximum Gasteiger partial charge on any atom is 0.234 e. The molecule has 0 bridgehead atoms. The lowest BCUT2D eigenvalue weighted by atomic mass is 10.0. The van der Waals surface area contributed by atoms with Crippen molar-refractivity contribution in [3.63, 3.8) is 0 Å². The first-order valence-electron chi connectivity index (χ1n) is 8.82. The van der Waals surface area contributed by atoms with Crippen LogP contribution < -0.4 is 5.32 Å². The van der Waals surface area contributed by atoms with Gasteiger partial charge in [0.25, 0.3) is 0 Å². The van der Waals surface area contributed by atoms with Crippen molar-refractivity contribution in [2.24, 2.45) is 0 Å². The first-order chi connectivity index (χ1) is 13.0. The minimum atomic E-state index is 0.00675. The number of aryl methyl sites for hydroxylation is 2. The van der Waals surface area contributed by atoms with Crippen molar-refractivity contribution in [2.45, 2.75) is 19.1 Å². The molecule has 0 aliphatic rings. The van der Waals surface area contributed by atoms with Crippen LogP contribution in [0.5, 0.6) is 0 Å². The standard InChI is InChI=1S/C23H22ClNOS/c1-16-7-6-8-17(2)22(16)25-21(26)15-27-23(18-9-4-3-5-10-18)19-11-13-20(24)14-12-19/h3-14,23H,15H2,1-2H3,(H,25,26)/t23-/m0/s1. The molecule has 3 aromatic carbocycles. The molecule has 0 unspecified atom stereocenters. The molecule has 2 nitrogen and oxygen atoms in total. The minimum Gasteiger partial charge on any atom is -0.325 e. The minimum absolute atomic E-state index is 0.00675. The number of anilines is 1. The third-order valence-corrected chi connectivity index (χ3v) is 5.96. The van der Waals surface area contributed by atoms with Gasteiger partial charge in [-0.2, -0.15) is 0 Å². The quantitative estimate of drug-likeness (QED) is 0.521. The van der Waals surface area contributed by atoms with Gasteiger partial charge in [0.05, 0.1) is 11.0 Å². The molecular weight excluding hydrogens is 374 g/mol. The number of nitrogens with one attached hydrogen (secondary N) is 1. The summed E-state index contributed by atoms with van der Waals surface area (Å²) >= 11 is 7.66. The maximum atomic E-state index is 12.6. The molecule has 1 amide bonds. The molecular formula is C23H22ClNOS. The van der Waals surface area contributed by atoms with Gasteiger partial charge in [0, 0.05) is 10.7 Å². The second kappa shape index (κ2) is 9.12. The van der Waals surface area contributed by atoms with Crippen molar-refractivity contribution in [2.75, 3.05) is 11.1 Å². The van der Waals surface area contributed by atoms with Crippen molar-refractivity contribution >= 4 is 35.0 Å². The van der Waals surface area contributed by atoms with E-state index in [4.69, 9.17) is 11.6 Å². The van der Waals surface area contributed by atoms with Crippen molar-refractivity contribution in [1.82, 2.24) is 0 Å². The monoisotopic (exact) mass is 395 g/mol. The van der Waals surface area contributed by atoms with E-state index in [1.807, 2.05) is 74.5 Å². The van der Waals surface area contributed by atoms with Crippen LogP contribution in [0.3, 0.4) is 0 Å². The normalized spacial score (nSPS) is 11.8. The molecule has 0 saturated heterocycles. The predicted octanol–water partition coefficient (Wildman–Crippen LogP) is 6.42. The van der Waals surface area contributed by atoms with Crippen LogP contribution in [0.25, 0.3) is 0 Å². The van der Waals surface area contributed by atoms with E-state index in [1.165, 1.54) is 5.56 Å². The highest BCUT2D eigenvalue weighted by Crippen LogP contribution is 2.36. The fraction of sp³-hybridized carbons (Fsp3) is 0.174. The zero-order valence-corrected chi connectivity index (χ0v) is 17.0. The Bertz CT molecular complexity index is 889. The van der Waals surface area contributed by atoms with Gasteiger partial charge in [-0.15, -0.1) is 11.8 Å². The number of rotatable bonds is 6. The number of halogens is 1. The Hall–Kier alpha value is -2.23. The van der Waals surface area contributed by atoms with Gasteiger partial charge in [-0.1, -0.05) is 72.3 Å². The average molecular weight is 396 g/mol. The van der Waals surface area contributed by atoms with Gasteiger partial charge in [-0.05, 0) is 48.2 Å². The van der Waals surface area contributed by atoms with Crippen LogP contribution in [0.15, 0.2) is 72.8 Å². The third-order valence-electron chi connectivity index (χ3n) is 4.40. The van der Waals surface area contributed by atoms with Crippen LogP contribution in [0.1, 0.15) is 27.5 Å². The maximum absolute atomic E-state index is 12.6. The van der Waals surface area contributed by atoms with E-state index in [2.05, 4.69) is 17.4 Å². The van der Waals surface area contributed by atoms with Crippen molar-refractivity contribution < 1.29 is 4.79 Å². The highest BCUT2D eigenvalue weighted by atomic mass is 35.5. The molecule has 4 heteroatoms. The highest BCUT2D eigenvalue weighted by molar-refractivity contribution is 8.00. The van der Waals surface area contributed by atoms with E-state index in [1.54, 1.807) is 11.8 Å². The van der Waals surface area contributed by atoms with Gasteiger partial charge >= 0.3 is 0 Å². The number of hydrogen-bond acceptors (Lipinski definition) is 2. The summed E-state index contributed by atoms with van der Waals surface area (Å²) in [6.07, 6.45) is 0. The van der Waals surface area contributed by atoms with Crippen LogP contribution in [-0.4, -0.2) is 11.7 Å². The topological polar surface area (TPSA) is 29.1 Å². The van der Waals surface area contributed by atoms with Gasteiger partial charge < -0.3 is 5.32 Å². The molecule has 0 aromatic heterocycles. The SMILES string of the molecule is Cc1cccc(C)c1NC(=O)CS[C@@H](c1ccccc1)c1ccc(Cl)cc1. The molecule has 0 fully saturated rings. The Balaban J connectivity index is 1.75. The van der Waals surface area contributed by atoms with E-state index in [9.17, 15) is 4.79 Å². The largest absolute Gasteiger partial charge is 0.325 e. The van der Waals surface area contributed by atoms with Gasteiger partial charge in [-0.25, -0.2) is 0 Å². The number of hydrogen-bond donors (Lipinski definition) is 1. The second-order valence-electron chi connectivity index (χ2n) is 6.47. The lowest BCUT2D eigenvalue weighted by Gasteiger charge is -2.18. The summed E-state index contributed by atoms with van der Waals surface area (Å²) in [4.78, 5) is 12.6. The lowest BCUT2D eigenvalue weighted by molar-refractivity contribution is -0.113. The molecule has 1 N–H and O–H groups in total. The van der Waals surface area contributed by atoms with E-state index in [0.717, 1.165) is 22.4 Å². The molecule has 0 saturated carbocycles. The number of thioether (sulfide) groups is 1. The summed E-state index contributed by atoms with van der Waals surface area (Å²) in [6, 6.07) is 24.1. The number of carbonyl (C=O) groups is 1. The summed E-state index contributed by atoms with van der Waals surface area (Å²) in [5.41, 5.74) is 5.36. The Labute approximate surface area is 170 Å². The fourth-order valence-corrected chi connectivity index (χ4v) is 4.21. The van der Waals surface area contributed by atoms with E-state index < -0.39 is 0 Å². The average Bonchev–Trinajstić information content (AvgIpc) is 2.67. The van der Waals surface area contributed by atoms with E-state index in [-0.39, 0.29) is 11.2 Å². The Morgan fingerprint density at radius 3 is 2.11 bits per heavy atom. The summed E-state index contributed by atoms with van der Waals surface area (Å²) in [6.45, 7) is 4.02. The predicted molar refractivity (Wildman–Crippen MR) is 117 cm³/mol. The zero-order valence-electron chi connectivity index (χ0n) is 15.4. The Morgan fingerprint density at radius 2 is 1.48 bits per heavy atom.